The molecule has 2 atom stereocenters. The average molecular weight is 308 g/mol. The van der Waals surface area contributed by atoms with Gasteiger partial charge in [-0.2, -0.15) is 0 Å². The van der Waals surface area contributed by atoms with E-state index in [9.17, 15) is 0 Å². The van der Waals surface area contributed by atoms with Crippen molar-refractivity contribution >= 4 is 11.3 Å². The number of rotatable bonds is 3. The zero-order valence-corrected chi connectivity index (χ0v) is 14.5. The summed E-state index contributed by atoms with van der Waals surface area (Å²) in [4.78, 5) is 7.48. The molecule has 2 heterocycles. The molecule has 1 saturated carbocycles. The van der Waals surface area contributed by atoms with Crippen LogP contribution in [0.15, 0.2) is 5.38 Å². The quantitative estimate of drug-likeness (QED) is 0.918. The van der Waals surface area contributed by atoms with Crippen LogP contribution in [0.3, 0.4) is 0 Å². The molecule has 2 unspecified atom stereocenters. The molecule has 1 aliphatic carbocycles. The number of aromatic nitrogens is 1. The maximum atomic E-state index is 4.74. The minimum Gasteiger partial charge on any atom is -0.308 e. The lowest BCUT2D eigenvalue weighted by atomic mass is 9.79. The number of aryl methyl sites for hydroxylation is 1. The molecule has 21 heavy (non-hydrogen) atoms. The summed E-state index contributed by atoms with van der Waals surface area (Å²) in [6, 6.07) is 1.10. The lowest BCUT2D eigenvalue weighted by Crippen LogP contribution is -2.64. The van der Waals surface area contributed by atoms with Crippen LogP contribution in [-0.4, -0.2) is 34.6 Å². The highest BCUT2D eigenvalue weighted by Crippen LogP contribution is 2.36. The van der Waals surface area contributed by atoms with Crippen molar-refractivity contribution in [1.29, 1.82) is 0 Å². The second-order valence-corrected chi connectivity index (χ2v) is 7.85. The van der Waals surface area contributed by atoms with Crippen molar-refractivity contribution < 1.29 is 0 Å². The second kappa shape index (κ2) is 6.35. The Kier molecular flexibility index (Phi) is 4.67. The summed E-state index contributed by atoms with van der Waals surface area (Å²) in [5.74, 6) is 0. The molecule has 1 aliphatic heterocycles. The Morgan fingerprint density at radius 1 is 1.43 bits per heavy atom. The Hall–Kier alpha value is -0.450. The van der Waals surface area contributed by atoms with Crippen molar-refractivity contribution in [3.63, 3.8) is 0 Å². The summed E-state index contributed by atoms with van der Waals surface area (Å²) in [6.45, 7) is 9.11. The molecule has 118 valence electrons. The minimum atomic E-state index is 0.379. The highest BCUT2D eigenvalue weighted by atomic mass is 32.1. The summed E-state index contributed by atoms with van der Waals surface area (Å²) in [5.41, 5.74) is 1.54. The molecule has 0 aromatic carbocycles. The first-order valence-corrected chi connectivity index (χ1v) is 9.44. The highest BCUT2D eigenvalue weighted by Gasteiger charge is 2.41. The molecule has 1 N–H and O–H groups in total. The van der Waals surface area contributed by atoms with E-state index in [1.807, 2.05) is 11.3 Å². The normalized spacial score (nSPS) is 27.9. The Bertz CT molecular complexity index is 464. The third-order valence-corrected chi connectivity index (χ3v) is 6.57. The number of hydrogen-bond donors (Lipinski definition) is 1. The van der Waals surface area contributed by atoms with E-state index in [2.05, 4.69) is 36.4 Å². The molecule has 1 spiro atoms. The fourth-order valence-corrected chi connectivity index (χ4v) is 4.96. The predicted molar refractivity (Wildman–Crippen MR) is 89.9 cm³/mol. The Balaban J connectivity index is 1.78. The smallest absolute Gasteiger partial charge is 0.110 e. The first-order valence-electron chi connectivity index (χ1n) is 8.56. The van der Waals surface area contributed by atoms with Gasteiger partial charge in [0.05, 0.1) is 6.04 Å². The number of nitrogens with one attached hydrogen (secondary N) is 1. The van der Waals surface area contributed by atoms with E-state index >= 15 is 0 Å². The second-order valence-electron chi connectivity index (χ2n) is 6.96. The summed E-state index contributed by atoms with van der Waals surface area (Å²) in [5, 5.41) is 7.39. The standard InChI is InChI=1S/C17H29N3S/c1-4-15-10-18-17(8-6-5-7-9-17)12-20(15)14(3)16-19-13(2)11-21-16/h11,14-15,18H,4-10,12H2,1-3H3. The summed E-state index contributed by atoms with van der Waals surface area (Å²) < 4.78 is 0. The van der Waals surface area contributed by atoms with E-state index in [1.54, 1.807) is 0 Å². The summed E-state index contributed by atoms with van der Waals surface area (Å²) >= 11 is 1.83. The zero-order valence-electron chi connectivity index (χ0n) is 13.7. The Morgan fingerprint density at radius 3 is 2.81 bits per heavy atom. The molecule has 3 nitrogen and oxygen atoms in total. The van der Waals surface area contributed by atoms with Gasteiger partial charge in [-0.1, -0.05) is 26.2 Å². The van der Waals surface area contributed by atoms with Gasteiger partial charge in [0.1, 0.15) is 5.01 Å². The van der Waals surface area contributed by atoms with Crippen LogP contribution in [-0.2, 0) is 0 Å². The van der Waals surface area contributed by atoms with Gasteiger partial charge in [0.25, 0.3) is 0 Å². The van der Waals surface area contributed by atoms with Crippen LogP contribution in [0, 0.1) is 6.92 Å². The van der Waals surface area contributed by atoms with Crippen molar-refractivity contribution in [2.75, 3.05) is 13.1 Å². The van der Waals surface area contributed by atoms with Crippen molar-refractivity contribution in [2.24, 2.45) is 0 Å². The van der Waals surface area contributed by atoms with Gasteiger partial charge in [-0.3, -0.25) is 4.90 Å². The van der Waals surface area contributed by atoms with Crippen LogP contribution in [0.4, 0.5) is 0 Å². The summed E-state index contributed by atoms with van der Waals surface area (Å²) in [7, 11) is 0. The molecular weight excluding hydrogens is 278 g/mol. The molecule has 1 saturated heterocycles. The van der Waals surface area contributed by atoms with E-state index in [4.69, 9.17) is 4.98 Å². The molecule has 2 fully saturated rings. The first kappa shape index (κ1) is 15.4. The van der Waals surface area contributed by atoms with Crippen LogP contribution in [0.2, 0.25) is 0 Å². The van der Waals surface area contributed by atoms with E-state index in [1.165, 1.54) is 50.1 Å². The largest absolute Gasteiger partial charge is 0.308 e. The van der Waals surface area contributed by atoms with Gasteiger partial charge in [0, 0.05) is 35.7 Å². The van der Waals surface area contributed by atoms with Crippen LogP contribution >= 0.6 is 11.3 Å². The van der Waals surface area contributed by atoms with Crippen molar-refractivity contribution in [3.8, 4) is 0 Å². The van der Waals surface area contributed by atoms with Crippen LogP contribution < -0.4 is 5.32 Å². The maximum Gasteiger partial charge on any atom is 0.110 e. The third-order valence-electron chi connectivity index (χ3n) is 5.44. The van der Waals surface area contributed by atoms with Crippen LogP contribution in [0.25, 0.3) is 0 Å². The van der Waals surface area contributed by atoms with Gasteiger partial charge in [-0.25, -0.2) is 4.98 Å². The SMILES string of the molecule is CCC1CNC2(CCCCC2)CN1C(C)c1nc(C)cs1. The van der Waals surface area contributed by atoms with E-state index in [-0.39, 0.29) is 0 Å². The van der Waals surface area contributed by atoms with Gasteiger partial charge < -0.3 is 5.32 Å². The molecule has 4 heteroatoms. The number of thiazole rings is 1. The molecule has 0 bridgehead atoms. The fraction of sp³-hybridized carbons (Fsp3) is 0.824. The van der Waals surface area contributed by atoms with E-state index < -0.39 is 0 Å². The molecule has 3 rings (SSSR count). The van der Waals surface area contributed by atoms with Gasteiger partial charge >= 0.3 is 0 Å². The number of hydrogen-bond acceptors (Lipinski definition) is 4. The molecule has 1 aromatic rings. The fourth-order valence-electron chi connectivity index (χ4n) is 4.09. The zero-order chi connectivity index (χ0) is 14.9. The van der Waals surface area contributed by atoms with Gasteiger partial charge in [-0.05, 0) is 33.1 Å². The monoisotopic (exact) mass is 307 g/mol. The van der Waals surface area contributed by atoms with Gasteiger partial charge in [-0.15, -0.1) is 11.3 Å². The highest BCUT2D eigenvalue weighted by molar-refractivity contribution is 7.09. The van der Waals surface area contributed by atoms with E-state index in [0.29, 0.717) is 17.6 Å². The van der Waals surface area contributed by atoms with E-state index in [0.717, 1.165) is 12.2 Å². The average Bonchev–Trinajstić information content (AvgIpc) is 2.94. The first-order chi connectivity index (χ1) is 10.1. The molecule has 2 aliphatic rings. The lowest BCUT2D eigenvalue weighted by molar-refractivity contribution is 0.0268. The van der Waals surface area contributed by atoms with Crippen molar-refractivity contribution in [1.82, 2.24) is 15.2 Å². The van der Waals surface area contributed by atoms with Crippen molar-refractivity contribution in [3.05, 3.63) is 16.1 Å². The van der Waals surface area contributed by atoms with Gasteiger partial charge in [0.15, 0.2) is 0 Å². The Morgan fingerprint density at radius 2 is 2.19 bits per heavy atom. The van der Waals surface area contributed by atoms with Crippen molar-refractivity contribution in [2.45, 2.75) is 76.9 Å². The minimum absolute atomic E-state index is 0.379. The predicted octanol–water partition coefficient (Wildman–Crippen LogP) is 3.90. The molecule has 0 radical (unpaired) electrons. The third kappa shape index (κ3) is 3.17. The van der Waals surface area contributed by atoms with Crippen LogP contribution in [0.5, 0.6) is 0 Å². The molecular formula is C17H29N3S. The maximum absolute atomic E-state index is 4.74. The summed E-state index contributed by atoms with van der Waals surface area (Å²) in [6.07, 6.45) is 8.12. The Labute approximate surface area is 133 Å². The topological polar surface area (TPSA) is 28.2 Å². The molecule has 0 amide bonds. The lowest BCUT2D eigenvalue weighted by Gasteiger charge is -2.51. The van der Waals surface area contributed by atoms with Crippen LogP contribution in [0.1, 0.15) is 69.1 Å². The number of piperazine rings is 1. The van der Waals surface area contributed by atoms with Gasteiger partial charge in [0.2, 0.25) is 0 Å². The molecule has 1 aromatic heterocycles. The number of nitrogens with zero attached hydrogens (tertiary/aromatic N) is 2.